The molecule has 1 rings (SSSR count). The number of carboxylic acid groups (broad SMARTS) is 1. The molecule has 0 aromatic carbocycles. The van der Waals surface area contributed by atoms with E-state index in [1.807, 2.05) is 5.32 Å². The number of nitrogens with zero attached hydrogens (tertiary/aromatic N) is 1. The Morgan fingerprint density at radius 1 is 1.69 bits per heavy atom. The Balaban J connectivity index is 2.95. The smallest absolute Gasteiger partial charge is 0.410 e. The van der Waals surface area contributed by atoms with E-state index in [1.165, 1.54) is 0 Å². The lowest BCUT2D eigenvalue weighted by atomic mass is 10.3. The lowest BCUT2D eigenvalue weighted by Gasteiger charge is -1.99. The summed E-state index contributed by atoms with van der Waals surface area (Å²) in [7, 11) is 0. The molecule has 0 bridgehead atoms. The van der Waals surface area contributed by atoms with Gasteiger partial charge in [-0.1, -0.05) is 0 Å². The minimum Gasteiger partial charge on any atom is -0.465 e. The van der Waals surface area contributed by atoms with E-state index in [2.05, 4.69) is 4.98 Å². The van der Waals surface area contributed by atoms with E-state index >= 15 is 0 Å². The Kier molecular flexibility index (Phi) is 2.53. The largest absolute Gasteiger partial charge is 0.465 e. The van der Waals surface area contributed by atoms with Crippen LogP contribution in [0, 0.1) is 5.82 Å². The molecule has 0 atom stereocenters. The average Bonchev–Trinajstić information content (AvgIpc) is 2.03. The Labute approximate surface area is 72.2 Å². The zero-order valence-corrected chi connectivity index (χ0v) is 6.32. The maximum atomic E-state index is 12.8. The van der Waals surface area contributed by atoms with Crippen molar-refractivity contribution in [1.82, 2.24) is 4.98 Å². The van der Waals surface area contributed by atoms with Crippen molar-refractivity contribution in [3.63, 3.8) is 0 Å². The first-order valence-electron chi connectivity index (χ1n) is 3.24. The van der Waals surface area contributed by atoms with Gasteiger partial charge in [-0.15, -0.1) is 0 Å². The molecule has 0 aliphatic carbocycles. The summed E-state index contributed by atoms with van der Waals surface area (Å²) in [4.78, 5) is 23.7. The molecule has 1 aromatic heterocycles. The quantitative estimate of drug-likeness (QED) is 0.675. The van der Waals surface area contributed by atoms with Gasteiger partial charge in [-0.05, 0) is 0 Å². The standard InChI is InChI=1S/C7H5FN2O3/c8-5-1-6(10-7(12)13)9-2-4(5)3-11/h1-3H,(H,9,10)(H,12,13). The topological polar surface area (TPSA) is 79.3 Å². The predicted octanol–water partition coefficient (Wildman–Crippen LogP) is 1.12. The van der Waals surface area contributed by atoms with Gasteiger partial charge in [-0.3, -0.25) is 10.1 Å². The molecule has 0 saturated heterocycles. The predicted molar refractivity (Wildman–Crippen MR) is 41.2 cm³/mol. The van der Waals surface area contributed by atoms with Gasteiger partial charge in [0.1, 0.15) is 11.6 Å². The van der Waals surface area contributed by atoms with Crippen molar-refractivity contribution in [2.75, 3.05) is 5.32 Å². The van der Waals surface area contributed by atoms with Gasteiger partial charge in [0.25, 0.3) is 0 Å². The van der Waals surface area contributed by atoms with Gasteiger partial charge in [-0.2, -0.15) is 0 Å². The van der Waals surface area contributed by atoms with Crippen LogP contribution < -0.4 is 5.32 Å². The van der Waals surface area contributed by atoms with Crippen molar-refractivity contribution in [3.05, 3.63) is 23.6 Å². The van der Waals surface area contributed by atoms with E-state index in [9.17, 15) is 14.0 Å². The Bertz CT molecular complexity index is 354. The molecule has 0 spiro atoms. The second-order valence-corrected chi connectivity index (χ2v) is 2.14. The van der Waals surface area contributed by atoms with Crippen molar-refractivity contribution in [1.29, 1.82) is 0 Å². The highest BCUT2D eigenvalue weighted by atomic mass is 19.1. The van der Waals surface area contributed by atoms with E-state index < -0.39 is 11.9 Å². The fraction of sp³-hybridized carbons (Fsp3) is 0. The molecule has 6 heteroatoms. The van der Waals surface area contributed by atoms with Gasteiger partial charge in [0, 0.05) is 12.3 Å². The molecule has 2 N–H and O–H groups in total. The third-order valence-electron chi connectivity index (χ3n) is 1.24. The summed E-state index contributed by atoms with van der Waals surface area (Å²) in [5.41, 5.74) is -0.212. The Morgan fingerprint density at radius 2 is 2.38 bits per heavy atom. The molecule has 68 valence electrons. The number of pyridine rings is 1. The minimum absolute atomic E-state index is 0.157. The molecule has 0 aliphatic heterocycles. The summed E-state index contributed by atoms with van der Waals surface area (Å²) in [5, 5.41) is 10.1. The fourth-order valence-electron chi connectivity index (χ4n) is 0.706. The van der Waals surface area contributed by atoms with Crippen LogP contribution in [0.1, 0.15) is 10.4 Å². The number of anilines is 1. The molecule has 1 amide bonds. The number of hydrogen-bond donors (Lipinski definition) is 2. The Hall–Kier alpha value is -1.98. The van der Waals surface area contributed by atoms with Crippen LogP contribution in [0.2, 0.25) is 0 Å². The molecule has 1 heterocycles. The van der Waals surface area contributed by atoms with Crippen molar-refractivity contribution < 1.29 is 19.1 Å². The molecule has 0 fully saturated rings. The summed E-state index contributed by atoms with van der Waals surface area (Å²) in [5.74, 6) is -0.968. The number of carbonyl (C=O) groups excluding carboxylic acids is 1. The zero-order chi connectivity index (χ0) is 9.84. The van der Waals surface area contributed by atoms with Gasteiger partial charge in [0.15, 0.2) is 6.29 Å². The van der Waals surface area contributed by atoms with Crippen LogP contribution in [0.3, 0.4) is 0 Å². The molecule has 1 aromatic rings. The monoisotopic (exact) mass is 184 g/mol. The van der Waals surface area contributed by atoms with Crippen molar-refractivity contribution >= 4 is 18.2 Å². The van der Waals surface area contributed by atoms with Crippen molar-refractivity contribution in [2.24, 2.45) is 0 Å². The maximum absolute atomic E-state index is 12.8. The van der Waals surface area contributed by atoms with Gasteiger partial charge < -0.3 is 5.11 Å². The van der Waals surface area contributed by atoms with Crippen LogP contribution in [0.25, 0.3) is 0 Å². The molecule has 5 nitrogen and oxygen atoms in total. The molecular weight excluding hydrogens is 179 g/mol. The first-order chi connectivity index (χ1) is 6.13. The van der Waals surface area contributed by atoms with E-state index in [0.717, 1.165) is 12.3 Å². The van der Waals surface area contributed by atoms with Gasteiger partial charge >= 0.3 is 6.09 Å². The summed E-state index contributed by atoms with van der Waals surface area (Å²) in [6.07, 6.45) is -0.0914. The number of carbonyl (C=O) groups is 2. The van der Waals surface area contributed by atoms with E-state index in [0.29, 0.717) is 6.29 Å². The number of hydrogen-bond acceptors (Lipinski definition) is 3. The molecular formula is C7H5FN2O3. The lowest BCUT2D eigenvalue weighted by molar-refractivity contribution is 0.111. The molecule has 0 unspecified atom stereocenters. The maximum Gasteiger partial charge on any atom is 0.410 e. The second kappa shape index (κ2) is 3.61. The summed E-state index contributed by atoms with van der Waals surface area (Å²) >= 11 is 0. The van der Waals surface area contributed by atoms with Crippen LogP contribution in [0.5, 0.6) is 0 Å². The fourth-order valence-corrected chi connectivity index (χ4v) is 0.706. The van der Waals surface area contributed by atoms with Crippen LogP contribution in [0.4, 0.5) is 15.0 Å². The lowest BCUT2D eigenvalue weighted by Crippen LogP contribution is -2.09. The van der Waals surface area contributed by atoms with Gasteiger partial charge in [-0.25, -0.2) is 14.2 Å². The molecule has 0 aliphatic rings. The van der Waals surface area contributed by atoms with Crippen LogP contribution >= 0.6 is 0 Å². The zero-order valence-electron chi connectivity index (χ0n) is 6.32. The second-order valence-electron chi connectivity index (χ2n) is 2.14. The molecule has 0 radical (unpaired) electrons. The van der Waals surface area contributed by atoms with Crippen LogP contribution in [-0.4, -0.2) is 22.5 Å². The highest BCUT2D eigenvalue weighted by Gasteiger charge is 2.05. The highest BCUT2D eigenvalue weighted by Crippen LogP contribution is 2.08. The van der Waals surface area contributed by atoms with Gasteiger partial charge in [0.05, 0.1) is 5.56 Å². The van der Waals surface area contributed by atoms with Crippen molar-refractivity contribution in [2.45, 2.75) is 0 Å². The first-order valence-corrected chi connectivity index (χ1v) is 3.24. The SMILES string of the molecule is O=Cc1cnc(NC(=O)O)cc1F. The number of nitrogens with one attached hydrogen (secondary N) is 1. The number of aromatic nitrogens is 1. The van der Waals surface area contributed by atoms with E-state index in [4.69, 9.17) is 5.11 Å². The average molecular weight is 184 g/mol. The van der Waals surface area contributed by atoms with E-state index in [1.54, 1.807) is 0 Å². The number of rotatable bonds is 2. The summed E-state index contributed by atoms with van der Waals surface area (Å²) in [6, 6.07) is 0.831. The van der Waals surface area contributed by atoms with Gasteiger partial charge in [0.2, 0.25) is 0 Å². The van der Waals surface area contributed by atoms with E-state index in [-0.39, 0.29) is 11.4 Å². The van der Waals surface area contributed by atoms with Crippen molar-refractivity contribution in [3.8, 4) is 0 Å². The third-order valence-corrected chi connectivity index (χ3v) is 1.24. The Morgan fingerprint density at radius 3 is 2.85 bits per heavy atom. The van der Waals surface area contributed by atoms with Crippen LogP contribution in [0.15, 0.2) is 12.3 Å². The minimum atomic E-state index is -1.34. The third kappa shape index (κ3) is 2.22. The number of amides is 1. The normalized spacial score (nSPS) is 9.31. The van der Waals surface area contributed by atoms with Crippen LogP contribution in [-0.2, 0) is 0 Å². The summed E-state index contributed by atoms with van der Waals surface area (Å²) < 4.78 is 12.8. The summed E-state index contributed by atoms with van der Waals surface area (Å²) in [6.45, 7) is 0. The first kappa shape index (κ1) is 9.11. The molecule has 0 saturated carbocycles. The number of halogens is 1. The number of aldehydes is 1. The molecule has 13 heavy (non-hydrogen) atoms. The highest BCUT2D eigenvalue weighted by molar-refractivity contribution is 5.82.